The highest BCUT2D eigenvalue weighted by atomic mass is 16.6. The Kier molecular flexibility index (Phi) is 2.23. The zero-order valence-electron chi connectivity index (χ0n) is 7.93. The Hall–Kier alpha value is -1.77. The largest absolute Gasteiger partial charge is 0.417 e. The molecule has 0 bridgehead atoms. The monoisotopic (exact) mass is 189 g/mol. The number of aldehydes is 1. The molecule has 0 atom stereocenters. The molecule has 0 saturated carbocycles. The SMILES string of the molecule is COn1cc(CC=O)c2ccccc21. The van der Waals surface area contributed by atoms with Crippen LogP contribution in [-0.2, 0) is 11.2 Å². The van der Waals surface area contributed by atoms with Crippen molar-refractivity contribution in [2.45, 2.75) is 6.42 Å². The minimum atomic E-state index is 0.427. The van der Waals surface area contributed by atoms with E-state index in [1.807, 2.05) is 30.5 Å². The fourth-order valence-corrected chi connectivity index (χ4v) is 1.62. The van der Waals surface area contributed by atoms with Gasteiger partial charge in [0.05, 0.1) is 5.52 Å². The van der Waals surface area contributed by atoms with Crippen molar-refractivity contribution < 1.29 is 9.63 Å². The molecule has 1 aromatic heterocycles. The third-order valence-corrected chi connectivity index (χ3v) is 2.26. The highest BCUT2D eigenvalue weighted by molar-refractivity contribution is 5.85. The summed E-state index contributed by atoms with van der Waals surface area (Å²) in [4.78, 5) is 15.6. The molecule has 0 N–H and O–H groups in total. The van der Waals surface area contributed by atoms with Crippen molar-refractivity contribution in [1.29, 1.82) is 0 Å². The summed E-state index contributed by atoms with van der Waals surface area (Å²) in [5.41, 5.74) is 1.99. The molecule has 0 aliphatic rings. The van der Waals surface area contributed by atoms with Crippen LogP contribution in [0.3, 0.4) is 0 Å². The number of hydrogen-bond donors (Lipinski definition) is 0. The van der Waals surface area contributed by atoms with Crippen molar-refractivity contribution in [1.82, 2.24) is 4.73 Å². The lowest BCUT2D eigenvalue weighted by Gasteiger charge is -2.00. The molecule has 0 aliphatic heterocycles. The van der Waals surface area contributed by atoms with Crippen LogP contribution in [0.1, 0.15) is 5.56 Å². The molecule has 0 aliphatic carbocycles. The van der Waals surface area contributed by atoms with E-state index in [0.29, 0.717) is 6.42 Å². The van der Waals surface area contributed by atoms with Gasteiger partial charge in [0.25, 0.3) is 0 Å². The van der Waals surface area contributed by atoms with Crippen molar-refractivity contribution in [3.63, 3.8) is 0 Å². The highest BCUT2D eigenvalue weighted by Crippen LogP contribution is 2.20. The minimum Gasteiger partial charge on any atom is -0.417 e. The maximum absolute atomic E-state index is 10.5. The molecule has 3 heteroatoms. The number of fused-ring (bicyclic) bond motifs is 1. The normalized spacial score (nSPS) is 10.4. The molecule has 0 fully saturated rings. The summed E-state index contributed by atoms with van der Waals surface area (Å²) in [5.74, 6) is 0. The summed E-state index contributed by atoms with van der Waals surface area (Å²) in [6.45, 7) is 0. The smallest absolute Gasteiger partial charge is 0.124 e. The van der Waals surface area contributed by atoms with Crippen molar-refractivity contribution in [3.8, 4) is 0 Å². The Balaban J connectivity index is 2.66. The topological polar surface area (TPSA) is 31.2 Å². The van der Waals surface area contributed by atoms with Crippen LogP contribution in [-0.4, -0.2) is 18.1 Å². The molecule has 0 amide bonds. The molecule has 2 aromatic rings. The number of rotatable bonds is 3. The molecule has 1 aromatic carbocycles. The molecule has 72 valence electrons. The van der Waals surface area contributed by atoms with Crippen LogP contribution >= 0.6 is 0 Å². The van der Waals surface area contributed by atoms with Crippen LogP contribution in [0.25, 0.3) is 10.9 Å². The lowest BCUT2D eigenvalue weighted by Crippen LogP contribution is -2.02. The van der Waals surface area contributed by atoms with E-state index in [1.54, 1.807) is 11.8 Å². The van der Waals surface area contributed by atoms with Crippen LogP contribution in [0.15, 0.2) is 30.5 Å². The summed E-state index contributed by atoms with van der Waals surface area (Å²) in [6, 6.07) is 7.86. The quantitative estimate of drug-likeness (QED) is 0.684. The van der Waals surface area contributed by atoms with Gasteiger partial charge in [-0.1, -0.05) is 18.2 Å². The van der Waals surface area contributed by atoms with Gasteiger partial charge in [0, 0.05) is 18.0 Å². The highest BCUT2D eigenvalue weighted by Gasteiger charge is 2.06. The molecule has 2 rings (SSSR count). The van der Waals surface area contributed by atoms with E-state index in [9.17, 15) is 4.79 Å². The molecular weight excluding hydrogens is 178 g/mol. The van der Waals surface area contributed by atoms with Gasteiger partial charge >= 0.3 is 0 Å². The number of benzene rings is 1. The van der Waals surface area contributed by atoms with Gasteiger partial charge in [0.15, 0.2) is 0 Å². The first-order valence-electron chi connectivity index (χ1n) is 4.44. The Bertz CT molecular complexity index is 459. The Labute approximate surface area is 81.9 Å². The van der Waals surface area contributed by atoms with Gasteiger partial charge in [-0.3, -0.25) is 0 Å². The van der Waals surface area contributed by atoms with Crippen LogP contribution < -0.4 is 4.84 Å². The van der Waals surface area contributed by atoms with E-state index in [2.05, 4.69) is 0 Å². The van der Waals surface area contributed by atoms with Gasteiger partial charge in [-0.2, -0.15) is 4.73 Å². The third-order valence-electron chi connectivity index (χ3n) is 2.26. The van der Waals surface area contributed by atoms with Gasteiger partial charge in [-0.25, -0.2) is 0 Å². The number of carbonyl (C=O) groups excluding carboxylic acids is 1. The molecule has 0 saturated heterocycles. The zero-order chi connectivity index (χ0) is 9.97. The van der Waals surface area contributed by atoms with Crippen LogP contribution in [0.2, 0.25) is 0 Å². The van der Waals surface area contributed by atoms with Gasteiger partial charge < -0.3 is 9.63 Å². The van der Waals surface area contributed by atoms with Crippen LogP contribution in [0, 0.1) is 0 Å². The van der Waals surface area contributed by atoms with Gasteiger partial charge in [-0.15, -0.1) is 0 Å². The minimum absolute atomic E-state index is 0.427. The van der Waals surface area contributed by atoms with Crippen LogP contribution in [0.4, 0.5) is 0 Å². The molecule has 0 radical (unpaired) electrons. The Morgan fingerprint density at radius 3 is 2.93 bits per heavy atom. The fourth-order valence-electron chi connectivity index (χ4n) is 1.62. The zero-order valence-corrected chi connectivity index (χ0v) is 7.93. The lowest BCUT2D eigenvalue weighted by atomic mass is 10.1. The molecule has 3 nitrogen and oxygen atoms in total. The molecular formula is C11H11NO2. The van der Waals surface area contributed by atoms with E-state index in [1.165, 1.54) is 0 Å². The summed E-state index contributed by atoms with van der Waals surface area (Å²) < 4.78 is 1.67. The third kappa shape index (κ3) is 1.27. The Morgan fingerprint density at radius 1 is 1.43 bits per heavy atom. The van der Waals surface area contributed by atoms with E-state index in [-0.39, 0.29) is 0 Å². The Morgan fingerprint density at radius 2 is 2.21 bits per heavy atom. The lowest BCUT2D eigenvalue weighted by molar-refractivity contribution is -0.107. The first kappa shape index (κ1) is 8.81. The second-order valence-electron chi connectivity index (χ2n) is 3.05. The predicted octanol–water partition coefficient (Wildman–Crippen LogP) is 1.44. The van der Waals surface area contributed by atoms with E-state index >= 15 is 0 Å². The molecule has 0 unspecified atom stereocenters. The fraction of sp³-hybridized carbons (Fsp3) is 0.182. The summed E-state index contributed by atoms with van der Waals surface area (Å²) in [5, 5.41) is 1.07. The van der Waals surface area contributed by atoms with E-state index in [4.69, 9.17) is 4.84 Å². The van der Waals surface area contributed by atoms with Gasteiger partial charge in [0.2, 0.25) is 0 Å². The first-order valence-corrected chi connectivity index (χ1v) is 4.44. The second kappa shape index (κ2) is 3.54. The van der Waals surface area contributed by atoms with Crippen molar-refractivity contribution in [3.05, 3.63) is 36.0 Å². The number of nitrogens with zero attached hydrogens (tertiary/aromatic N) is 1. The molecule has 0 spiro atoms. The average molecular weight is 189 g/mol. The number of hydrogen-bond acceptors (Lipinski definition) is 2. The summed E-state index contributed by atoms with van der Waals surface area (Å²) in [7, 11) is 1.61. The number of para-hydroxylation sites is 1. The van der Waals surface area contributed by atoms with Crippen molar-refractivity contribution in [2.75, 3.05) is 7.11 Å². The number of aromatic nitrogens is 1. The van der Waals surface area contributed by atoms with Crippen molar-refractivity contribution in [2.24, 2.45) is 0 Å². The molecule has 14 heavy (non-hydrogen) atoms. The van der Waals surface area contributed by atoms with Crippen molar-refractivity contribution >= 4 is 17.2 Å². The summed E-state index contributed by atoms with van der Waals surface area (Å²) >= 11 is 0. The van der Waals surface area contributed by atoms with Gasteiger partial charge in [0.1, 0.15) is 13.4 Å². The van der Waals surface area contributed by atoms with E-state index < -0.39 is 0 Å². The standard InChI is InChI=1S/C11H11NO2/c1-14-12-8-9(6-7-13)10-4-2-3-5-11(10)12/h2-5,7-8H,6H2,1H3. The maximum atomic E-state index is 10.5. The van der Waals surface area contributed by atoms with Gasteiger partial charge in [-0.05, 0) is 11.6 Å². The summed E-state index contributed by atoms with van der Waals surface area (Å²) in [6.07, 6.45) is 3.18. The number of carbonyl (C=O) groups is 1. The maximum Gasteiger partial charge on any atom is 0.124 e. The van der Waals surface area contributed by atoms with E-state index in [0.717, 1.165) is 22.8 Å². The second-order valence-corrected chi connectivity index (χ2v) is 3.05. The predicted molar refractivity (Wildman–Crippen MR) is 54.2 cm³/mol. The molecule has 1 heterocycles. The van der Waals surface area contributed by atoms with Crippen LogP contribution in [0.5, 0.6) is 0 Å². The first-order chi connectivity index (χ1) is 6.86. The average Bonchev–Trinajstić information content (AvgIpc) is 2.58.